The molecule has 6 heteroatoms. The van der Waals surface area contributed by atoms with Gasteiger partial charge in [-0.05, 0) is 36.4 Å². The van der Waals surface area contributed by atoms with E-state index in [4.69, 9.17) is 24.4 Å². The summed E-state index contributed by atoms with van der Waals surface area (Å²) in [7, 11) is 0. The van der Waals surface area contributed by atoms with E-state index in [1.54, 1.807) is 0 Å². The van der Waals surface area contributed by atoms with Crippen molar-refractivity contribution >= 4 is 46.2 Å². The number of allylic oxidation sites excluding steroid dienone is 4. The number of aromatic nitrogens is 5. The topological polar surface area (TPSA) is 69.6 Å². The zero-order valence-electron chi connectivity index (χ0n) is 26.9. The van der Waals surface area contributed by atoms with Gasteiger partial charge >= 0.3 is 0 Å². The van der Waals surface area contributed by atoms with E-state index in [2.05, 4.69) is 77.4 Å². The first-order valence-electron chi connectivity index (χ1n) is 16.5. The van der Waals surface area contributed by atoms with Crippen molar-refractivity contribution in [3.8, 4) is 40.0 Å². The monoisotopic (exact) mass is 643 g/mol. The first-order valence-corrected chi connectivity index (χ1v) is 16.5. The van der Waals surface area contributed by atoms with Crippen LogP contribution in [0.5, 0.6) is 0 Å². The van der Waals surface area contributed by atoms with Crippen LogP contribution in [0.4, 0.5) is 0 Å². The second-order valence-corrected chi connectivity index (χ2v) is 11.9. The molecule has 0 unspecified atom stereocenters. The number of para-hydroxylation sites is 2. The minimum atomic E-state index is 0.562. The molecule has 0 saturated heterocycles. The van der Waals surface area contributed by atoms with Crippen molar-refractivity contribution in [3.63, 3.8) is 0 Å². The molecule has 0 amide bonds. The summed E-state index contributed by atoms with van der Waals surface area (Å²) in [5.41, 5.74) is 7.48. The van der Waals surface area contributed by atoms with Crippen molar-refractivity contribution in [1.29, 1.82) is 0 Å². The SMILES string of the molecule is C1=Cc2c(c3ccccc3n2-c2ccc(-c3nc(-c4ccccc4)nc(-c4ccccc4)n3)cn2)/C=C/C=C/C=c2\c(oc3ccccc23)=C1. The lowest BCUT2D eigenvalue weighted by atomic mass is 10.1. The third-order valence-corrected chi connectivity index (χ3v) is 8.80. The molecule has 0 bridgehead atoms. The Morgan fingerprint density at radius 2 is 1.16 bits per heavy atom. The molecule has 6 nitrogen and oxygen atoms in total. The Balaban J connectivity index is 1.18. The van der Waals surface area contributed by atoms with Crippen molar-refractivity contribution in [3.05, 3.63) is 174 Å². The van der Waals surface area contributed by atoms with E-state index in [1.165, 1.54) is 0 Å². The van der Waals surface area contributed by atoms with Crippen LogP contribution in [0.25, 0.3) is 86.2 Å². The number of benzene rings is 4. The van der Waals surface area contributed by atoms with Crippen molar-refractivity contribution in [2.75, 3.05) is 0 Å². The molecule has 0 N–H and O–H groups in total. The van der Waals surface area contributed by atoms with Gasteiger partial charge in [0.05, 0.1) is 11.2 Å². The fourth-order valence-electron chi connectivity index (χ4n) is 6.43. The summed E-state index contributed by atoms with van der Waals surface area (Å²) in [6.07, 6.45) is 18.5. The Morgan fingerprint density at radius 3 is 1.88 bits per heavy atom. The number of nitrogens with zero attached hydrogens (tertiary/aromatic N) is 5. The van der Waals surface area contributed by atoms with E-state index in [1.807, 2.05) is 103 Å². The third kappa shape index (κ3) is 5.35. The minimum Gasteiger partial charge on any atom is -0.456 e. The number of hydrogen-bond donors (Lipinski definition) is 0. The number of fused-ring (bicyclic) bond motifs is 6. The summed E-state index contributed by atoms with van der Waals surface area (Å²) in [6, 6.07) is 40.6. The van der Waals surface area contributed by atoms with Gasteiger partial charge in [-0.15, -0.1) is 0 Å². The van der Waals surface area contributed by atoms with Crippen LogP contribution in [0.3, 0.4) is 0 Å². The lowest BCUT2D eigenvalue weighted by Crippen LogP contribution is -2.19. The quantitative estimate of drug-likeness (QED) is 0.192. The van der Waals surface area contributed by atoms with Crippen LogP contribution in [0, 0.1) is 0 Å². The van der Waals surface area contributed by atoms with Crippen molar-refractivity contribution in [2.45, 2.75) is 0 Å². The highest BCUT2D eigenvalue weighted by atomic mass is 16.3. The molecule has 0 atom stereocenters. The number of hydrogen-bond acceptors (Lipinski definition) is 5. The second-order valence-electron chi connectivity index (χ2n) is 11.9. The molecular weight excluding hydrogens is 615 g/mol. The van der Waals surface area contributed by atoms with Crippen molar-refractivity contribution in [2.24, 2.45) is 0 Å². The molecule has 1 aliphatic carbocycles. The normalized spacial score (nSPS) is 14.4. The average molecular weight is 644 g/mol. The van der Waals surface area contributed by atoms with Gasteiger partial charge < -0.3 is 4.42 Å². The van der Waals surface area contributed by atoms with E-state index in [-0.39, 0.29) is 0 Å². The largest absolute Gasteiger partial charge is 0.456 e. The number of furan rings is 1. The maximum Gasteiger partial charge on any atom is 0.165 e. The highest BCUT2D eigenvalue weighted by Crippen LogP contribution is 2.32. The molecule has 4 heterocycles. The molecule has 9 rings (SSSR count). The molecular formula is C44H29N5O. The van der Waals surface area contributed by atoms with Gasteiger partial charge in [0.1, 0.15) is 16.8 Å². The molecule has 4 aromatic carbocycles. The van der Waals surface area contributed by atoms with Crippen LogP contribution in [-0.2, 0) is 0 Å². The fourth-order valence-corrected chi connectivity index (χ4v) is 6.43. The first kappa shape index (κ1) is 29.2. The summed E-state index contributed by atoms with van der Waals surface area (Å²) in [4.78, 5) is 19.6. The van der Waals surface area contributed by atoms with Crippen molar-refractivity contribution < 1.29 is 4.42 Å². The second kappa shape index (κ2) is 12.6. The van der Waals surface area contributed by atoms with Crippen LogP contribution in [0.2, 0.25) is 0 Å². The molecule has 0 radical (unpaired) electrons. The van der Waals surface area contributed by atoms with Crippen LogP contribution < -0.4 is 10.6 Å². The third-order valence-electron chi connectivity index (χ3n) is 8.80. The molecule has 1 aliphatic rings. The number of pyridine rings is 1. The Bertz CT molecular complexity index is 2680. The highest BCUT2D eigenvalue weighted by molar-refractivity contribution is 5.96. The van der Waals surface area contributed by atoms with Gasteiger partial charge in [0.2, 0.25) is 0 Å². The molecule has 0 saturated carbocycles. The van der Waals surface area contributed by atoms with Crippen LogP contribution in [0.15, 0.2) is 156 Å². The minimum absolute atomic E-state index is 0.562. The first-order chi connectivity index (χ1) is 24.8. The maximum absolute atomic E-state index is 6.26. The molecule has 0 aliphatic heterocycles. The van der Waals surface area contributed by atoms with Gasteiger partial charge in [-0.1, -0.05) is 134 Å². The van der Waals surface area contributed by atoms with Crippen molar-refractivity contribution in [1.82, 2.24) is 24.5 Å². The Kier molecular flexibility index (Phi) is 7.37. The standard InChI is InChI=1S/C44H29N5O/c1-4-15-30(16-5-1)42-46-43(31-17-6-2-7-18-31)48-44(47-42)32-27-28-41(45-29-32)49-37-23-12-10-20-34(37)33-19-8-3-9-21-35-36-22-11-13-25-39(36)50-40(35)26-14-24-38(33)49/h1-29H/b8-3?,9-3+,19-8+,21-9?,24-14?,26-14?,33-19?,35-21-,38-24?,40-26?. The molecule has 0 fully saturated rings. The average Bonchev–Trinajstić information content (AvgIpc) is 3.69. The summed E-state index contributed by atoms with van der Waals surface area (Å²) in [5, 5.41) is 3.27. The molecule has 0 spiro atoms. The molecule has 8 aromatic rings. The summed E-state index contributed by atoms with van der Waals surface area (Å²) in [6.45, 7) is 0. The Labute approximate surface area is 288 Å². The van der Waals surface area contributed by atoms with Crippen LogP contribution in [-0.4, -0.2) is 24.5 Å². The molecule has 4 aromatic heterocycles. The van der Waals surface area contributed by atoms with E-state index in [0.717, 1.165) is 66.3 Å². The van der Waals surface area contributed by atoms with Gasteiger partial charge in [0, 0.05) is 44.4 Å². The van der Waals surface area contributed by atoms with Gasteiger partial charge in [0.15, 0.2) is 17.5 Å². The fraction of sp³-hybridized carbons (Fsp3) is 0. The molecule has 236 valence electrons. The zero-order chi connectivity index (χ0) is 33.3. The Morgan fingerprint density at radius 1 is 0.500 bits per heavy atom. The molecule has 50 heavy (non-hydrogen) atoms. The van der Waals surface area contributed by atoms with E-state index >= 15 is 0 Å². The van der Waals surface area contributed by atoms with Crippen LogP contribution >= 0.6 is 0 Å². The van der Waals surface area contributed by atoms with Crippen LogP contribution in [0.1, 0.15) is 11.3 Å². The van der Waals surface area contributed by atoms with Gasteiger partial charge in [0.25, 0.3) is 0 Å². The van der Waals surface area contributed by atoms with Gasteiger partial charge in [-0.2, -0.15) is 0 Å². The predicted molar refractivity (Wildman–Crippen MR) is 202 cm³/mol. The smallest absolute Gasteiger partial charge is 0.165 e. The summed E-state index contributed by atoms with van der Waals surface area (Å²) in [5.74, 6) is 2.57. The number of rotatable bonds is 4. The van der Waals surface area contributed by atoms with E-state index in [9.17, 15) is 0 Å². The lowest BCUT2D eigenvalue weighted by molar-refractivity contribution is 0.576. The Hall–Kier alpha value is -6.92. The lowest BCUT2D eigenvalue weighted by Gasteiger charge is -2.10. The van der Waals surface area contributed by atoms with E-state index in [0.29, 0.717) is 17.5 Å². The maximum atomic E-state index is 6.26. The van der Waals surface area contributed by atoms with Gasteiger partial charge in [-0.3, -0.25) is 4.57 Å². The zero-order valence-corrected chi connectivity index (χ0v) is 26.9. The van der Waals surface area contributed by atoms with E-state index < -0.39 is 0 Å². The van der Waals surface area contributed by atoms with Gasteiger partial charge in [-0.25, -0.2) is 19.9 Å². The highest BCUT2D eigenvalue weighted by Gasteiger charge is 2.17. The summed E-state index contributed by atoms with van der Waals surface area (Å²) >= 11 is 0. The predicted octanol–water partition coefficient (Wildman–Crippen LogP) is 8.82. The summed E-state index contributed by atoms with van der Waals surface area (Å²) < 4.78 is 8.46.